The molecule has 0 radical (unpaired) electrons. The normalized spacial score (nSPS) is 11.3. The third-order valence-electron chi connectivity index (χ3n) is 4.94. The van der Waals surface area contributed by atoms with Gasteiger partial charge in [0.05, 0.1) is 6.21 Å². The van der Waals surface area contributed by atoms with Crippen LogP contribution in [0, 0.1) is 0 Å². The standard InChI is InChI=1S/C24H22N4O2/c1-3-28-22-10-5-4-9-20(22)21-13-17(11-12-23(21)28)15-25-27-24(30)18-7-6-8-19(14-18)26-16(2)29/h4-15H,3H2,1-2H3,(H,26,29)(H,27,30). The summed E-state index contributed by atoms with van der Waals surface area (Å²) in [7, 11) is 0. The van der Waals surface area contributed by atoms with Crippen molar-refractivity contribution in [3.63, 3.8) is 0 Å². The van der Waals surface area contributed by atoms with Gasteiger partial charge in [-0.2, -0.15) is 5.10 Å². The first-order chi connectivity index (χ1) is 14.6. The molecule has 6 nitrogen and oxygen atoms in total. The number of amides is 2. The average Bonchev–Trinajstić information content (AvgIpc) is 3.06. The molecule has 2 N–H and O–H groups in total. The zero-order valence-corrected chi connectivity index (χ0v) is 16.8. The lowest BCUT2D eigenvalue weighted by Crippen LogP contribution is -2.18. The lowest BCUT2D eigenvalue weighted by atomic mass is 10.1. The highest BCUT2D eigenvalue weighted by atomic mass is 16.2. The highest BCUT2D eigenvalue weighted by Gasteiger charge is 2.09. The molecule has 0 saturated heterocycles. The SMILES string of the molecule is CCn1c2ccccc2c2cc(C=NNC(=O)c3cccc(NC(C)=O)c3)ccc21. The first kappa shape index (κ1) is 19.4. The Bertz CT molecular complexity index is 1290. The maximum absolute atomic E-state index is 12.4. The van der Waals surface area contributed by atoms with E-state index in [4.69, 9.17) is 0 Å². The number of anilines is 1. The molecule has 0 fully saturated rings. The number of hydrogen-bond acceptors (Lipinski definition) is 3. The van der Waals surface area contributed by atoms with Crippen molar-refractivity contribution in [1.29, 1.82) is 0 Å². The smallest absolute Gasteiger partial charge is 0.271 e. The van der Waals surface area contributed by atoms with Crippen molar-refractivity contribution in [3.05, 3.63) is 77.9 Å². The molecule has 0 bridgehead atoms. The Kier molecular flexibility index (Phi) is 5.30. The summed E-state index contributed by atoms with van der Waals surface area (Å²) in [6.07, 6.45) is 1.63. The molecule has 150 valence electrons. The van der Waals surface area contributed by atoms with Crippen molar-refractivity contribution < 1.29 is 9.59 Å². The van der Waals surface area contributed by atoms with Gasteiger partial charge in [0.2, 0.25) is 5.91 Å². The molecule has 30 heavy (non-hydrogen) atoms. The summed E-state index contributed by atoms with van der Waals surface area (Å²) < 4.78 is 2.29. The number of hydrogen-bond donors (Lipinski definition) is 2. The summed E-state index contributed by atoms with van der Waals surface area (Å²) >= 11 is 0. The zero-order valence-electron chi connectivity index (χ0n) is 16.8. The predicted octanol–water partition coefficient (Wildman–Crippen LogP) is 4.54. The number of benzene rings is 3. The Balaban J connectivity index is 1.55. The average molecular weight is 398 g/mol. The van der Waals surface area contributed by atoms with E-state index in [-0.39, 0.29) is 11.8 Å². The van der Waals surface area contributed by atoms with Gasteiger partial charge in [0, 0.05) is 46.5 Å². The van der Waals surface area contributed by atoms with Crippen LogP contribution >= 0.6 is 0 Å². The molecular weight excluding hydrogens is 376 g/mol. The Morgan fingerprint density at radius 1 is 0.967 bits per heavy atom. The summed E-state index contributed by atoms with van der Waals surface area (Å²) in [5, 5.41) is 9.12. The summed E-state index contributed by atoms with van der Waals surface area (Å²) in [6.45, 7) is 4.45. The van der Waals surface area contributed by atoms with Gasteiger partial charge in [-0.05, 0) is 48.9 Å². The van der Waals surface area contributed by atoms with Gasteiger partial charge >= 0.3 is 0 Å². The maximum Gasteiger partial charge on any atom is 0.271 e. The van der Waals surface area contributed by atoms with Crippen LogP contribution in [0.15, 0.2) is 71.8 Å². The molecular formula is C24H22N4O2. The van der Waals surface area contributed by atoms with E-state index < -0.39 is 0 Å². The van der Waals surface area contributed by atoms with Crippen LogP contribution in [0.4, 0.5) is 5.69 Å². The molecule has 1 aromatic heterocycles. The minimum absolute atomic E-state index is 0.189. The lowest BCUT2D eigenvalue weighted by molar-refractivity contribution is -0.114. The Labute approximate surface area is 174 Å². The number of fused-ring (bicyclic) bond motifs is 3. The molecule has 1 heterocycles. The Hall–Kier alpha value is -3.93. The van der Waals surface area contributed by atoms with Gasteiger partial charge in [-0.25, -0.2) is 5.43 Å². The van der Waals surface area contributed by atoms with Crippen LogP contribution in [-0.2, 0) is 11.3 Å². The van der Waals surface area contributed by atoms with Gasteiger partial charge < -0.3 is 9.88 Å². The number of nitrogens with zero attached hydrogens (tertiary/aromatic N) is 2. The molecule has 4 rings (SSSR count). The van der Waals surface area contributed by atoms with Gasteiger partial charge in [-0.15, -0.1) is 0 Å². The van der Waals surface area contributed by atoms with Crippen LogP contribution in [-0.4, -0.2) is 22.6 Å². The number of hydrazone groups is 1. The van der Waals surface area contributed by atoms with Crippen LogP contribution in [0.3, 0.4) is 0 Å². The van der Waals surface area contributed by atoms with E-state index in [1.165, 1.54) is 23.3 Å². The number of para-hydroxylation sites is 1. The highest BCUT2D eigenvalue weighted by molar-refractivity contribution is 6.09. The first-order valence-corrected chi connectivity index (χ1v) is 9.79. The predicted molar refractivity (Wildman–Crippen MR) is 121 cm³/mol. The fourth-order valence-corrected chi connectivity index (χ4v) is 3.66. The van der Waals surface area contributed by atoms with Crippen LogP contribution < -0.4 is 10.7 Å². The fraction of sp³-hybridized carbons (Fsp3) is 0.125. The number of rotatable bonds is 5. The third-order valence-corrected chi connectivity index (χ3v) is 4.94. The quantitative estimate of drug-likeness (QED) is 0.383. The lowest BCUT2D eigenvalue weighted by Gasteiger charge is -2.05. The van der Waals surface area contributed by atoms with E-state index in [1.54, 1.807) is 30.5 Å². The van der Waals surface area contributed by atoms with Crippen molar-refractivity contribution in [1.82, 2.24) is 9.99 Å². The largest absolute Gasteiger partial charge is 0.341 e. The molecule has 6 heteroatoms. The van der Waals surface area contributed by atoms with Crippen molar-refractivity contribution in [2.45, 2.75) is 20.4 Å². The molecule has 0 saturated carbocycles. The Morgan fingerprint density at radius 2 is 1.77 bits per heavy atom. The van der Waals surface area contributed by atoms with Crippen molar-refractivity contribution in [2.24, 2.45) is 5.10 Å². The maximum atomic E-state index is 12.4. The van der Waals surface area contributed by atoms with Crippen molar-refractivity contribution in [3.8, 4) is 0 Å². The van der Waals surface area contributed by atoms with Gasteiger partial charge in [0.25, 0.3) is 5.91 Å². The summed E-state index contributed by atoms with van der Waals surface area (Å²) in [6, 6.07) is 21.2. The first-order valence-electron chi connectivity index (χ1n) is 9.79. The monoisotopic (exact) mass is 398 g/mol. The highest BCUT2D eigenvalue weighted by Crippen LogP contribution is 2.29. The van der Waals surface area contributed by atoms with Crippen molar-refractivity contribution >= 4 is 45.5 Å². The summed E-state index contributed by atoms with van der Waals surface area (Å²) in [5.74, 6) is -0.535. The van der Waals surface area contributed by atoms with Gasteiger partial charge in [0.15, 0.2) is 0 Å². The van der Waals surface area contributed by atoms with E-state index >= 15 is 0 Å². The molecule has 0 aliphatic heterocycles. The van der Waals surface area contributed by atoms with Crippen LogP contribution in [0.25, 0.3) is 21.8 Å². The zero-order chi connectivity index (χ0) is 21.1. The number of nitrogens with one attached hydrogen (secondary N) is 2. The number of carbonyl (C=O) groups is 2. The number of carbonyl (C=O) groups excluding carboxylic acids is 2. The van der Waals surface area contributed by atoms with E-state index in [0.717, 1.165) is 17.5 Å². The summed E-state index contributed by atoms with van der Waals surface area (Å²) in [5.41, 5.74) is 6.80. The second-order valence-corrected chi connectivity index (χ2v) is 7.00. The van der Waals surface area contributed by atoms with Gasteiger partial charge in [0.1, 0.15) is 0 Å². The van der Waals surface area contributed by atoms with Gasteiger partial charge in [-0.1, -0.05) is 30.3 Å². The molecule has 0 spiro atoms. The molecule has 0 aliphatic rings. The number of aromatic nitrogens is 1. The van der Waals surface area contributed by atoms with Crippen LogP contribution in [0.1, 0.15) is 29.8 Å². The van der Waals surface area contributed by atoms with E-state index in [0.29, 0.717) is 11.3 Å². The molecule has 4 aromatic rings. The van der Waals surface area contributed by atoms with E-state index in [2.05, 4.69) is 51.6 Å². The minimum atomic E-state index is -0.345. The minimum Gasteiger partial charge on any atom is -0.341 e. The molecule has 0 atom stereocenters. The molecule has 2 amide bonds. The number of aryl methyl sites for hydroxylation is 1. The van der Waals surface area contributed by atoms with Crippen LogP contribution in [0.2, 0.25) is 0 Å². The Morgan fingerprint density at radius 3 is 2.57 bits per heavy atom. The topological polar surface area (TPSA) is 75.5 Å². The van der Waals surface area contributed by atoms with Gasteiger partial charge in [-0.3, -0.25) is 9.59 Å². The van der Waals surface area contributed by atoms with Crippen molar-refractivity contribution in [2.75, 3.05) is 5.32 Å². The second kappa shape index (κ2) is 8.21. The van der Waals surface area contributed by atoms with E-state index in [1.807, 2.05) is 18.2 Å². The molecule has 0 unspecified atom stereocenters. The fourth-order valence-electron chi connectivity index (χ4n) is 3.66. The third kappa shape index (κ3) is 3.80. The molecule has 3 aromatic carbocycles. The molecule has 0 aliphatic carbocycles. The second-order valence-electron chi connectivity index (χ2n) is 7.00. The van der Waals surface area contributed by atoms with E-state index in [9.17, 15) is 9.59 Å². The van der Waals surface area contributed by atoms with Crippen LogP contribution in [0.5, 0.6) is 0 Å². The summed E-state index contributed by atoms with van der Waals surface area (Å²) in [4.78, 5) is 23.5.